The number of amides is 1. The molecule has 1 atom stereocenters. The van der Waals surface area contributed by atoms with Crippen LogP contribution in [0, 0.1) is 0 Å². The molecule has 0 aromatic carbocycles. The van der Waals surface area contributed by atoms with Crippen LogP contribution < -0.4 is 5.73 Å². The number of likely N-dealkylation sites (tertiary alicyclic amines) is 1. The van der Waals surface area contributed by atoms with Gasteiger partial charge in [0, 0.05) is 24.5 Å². The molecule has 15 heavy (non-hydrogen) atoms. The molecule has 4 nitrogen and oxygen atoms in total. The number of rotatable bonds is 2. The summed E-state index contributed by atoms with van der Waals surface area (Å²) in [5, 5.41) is 1.80. The van der Waals surface area contributed by atoms with Crippen LogP contribution in [-0.2, 0) is 0 Å². The Hall–Kier alpha value is -0.940. The largest absolute Gasteiger partial charge is 0.333 e. The Morgan fingerprint density at radius 2 is 2.53 bits per heavy atom. The molecule has 1 unspecified atom stereocenters. The second-order valence-corrected chi connectivity index (χ2v) is 4.48. The maximum Gasteiger partial charge on any atom is 0.273 e. The Morgan fingerprint density at radius 3 is 3.20 bits per heavy atom. The summed E-state index contributed by atoms with van der Waals surface area (Å²) in [6.07, 6.45) is 3.27. The number of carbonyl (C=O) groups is 1. The molecule has 1 saturated heterocycles. The third-order valence-electron chi connectivity index (χ3n) is 2.81. The third kappa shape index (κ3) is 2.18. The van der Waals surface area contributed by atoms with Crippen molar-refractivity contribution in [3.05, 3.63) is 16.6 Å². The Kier molecular flexibility index (Phi) is 3.33. The van der Waals surface area contributed by atoms with Gasteiger partial charge in [-0.3, -0.25) is 4.79 Å². The van der Waals surface area contributed by atoms with Crippen LogP contribution in [0.2, 0.25) is 0 Å². The van der Waals surface area contributed by atoms with Crippen LogP contribution in [0.4, 0.5) is 0 Å². The van der Waals surface area contributed by atoms with Crippen molar-refractivity contribution in [2.45, 2.75) is 25.3 Å². The van der Waals surface area contributed by atoms with Crippen LogP contribution in [0.25, 0.3) is 0 Å². The quantitative estimate of drug-likeness (QED) is 0.820. The SMILES string of the molecule is NCC1CCCCN1C(=O)c1cscn1. The van der Waals surface area contributed by atoms with Crippen LogP contribution in [0.3, 0.4) is 0 Å². The third-order valence-corrected chi connectivity index (χ3v) is 3.40. The van der Waals surface area contributed by atoms with Gasteiger partial charge in [0.15, 0.2) is 0 Å². The average molecular weight is 225 g/mol. The van der Waals surface area contributed by atoms with Gasteiger partial charge in [-0.05, 0) is 19.3 Å². The van der Waals surface area contributed by atoms with E-state index in [0.29, 0.717) is 12.2 Å². The van der Waals surface area contributed by atoms with Crippen LogP contribution in [-0.4, -0.2) is 34.9 Å². The van der Waals surface area contributed by atoms with E-state index in [2.05, 4.69) is 4.98 Å². The molecule has 2 N–H and O–H groups in total. The second kappa shape index (κ2) is 4.72. The average Bonchev–Trinajstić information content (AvgIpc) is 2.81. The molecule has 0 spiro atoms. The molecule has 0 radical (unpaired) electrons. The number of aromatic nitrogens is 1. The molecule has 1 aliphatic heterocycles. The predicted octanol–water partition coefficient (Wildman–Crippen LogP) is 1.10. The molecular weight excluding hydrogens is 210 g/mol. The normalized spacial score (nSPS) is 21.7. The number of thiazole rings is 1. The Bertz CT molecular complexity index is 325. The predicted molar refractivity (Wildman–Crippen MR) is 59.8 cm³/mol. The molecule has 5 heteroatoms. The summed E-state index contributed by atoms with van der Waals surface area (Å²) in [7, 11) is 0. The van der Waals surface area contributed by atoms with Gasteiger partial charge in [-0.25, -0.2) is 4.98 Å². The number of nitrogens with two attached hydrogens (primary N) is 1. The maximum atomic E-state index is 12.0. The monoisotopic (exact) mass is 225 g/mol. The number of hydrogen-bond donors (Lipinski definition) is 1. The van der Waals surface area contributed by atoms with Gasteiger partial charge in [-0.15, -0.1) is 11.3 Å². The van der Waals surface area contributed by atoms with Gasteiger partial charge in [0.05, 0.1) is 5.51 Å². The van der Waals surface area contributed by atoms with Gasteiger partial charge in [-0.1, -0.05) is 0 Å². The van der Waals surface area contributed by atoms with Gasteiger partial charge in [0.1, 0.15) is 5.69 Å². The first kappa shape index (κ1) is 10.6. The van der Waals surface area contributed by atoms with Gasteiger partial charge < -0.3 is 10.6 Å². The van der Waals surface area contributed by atoms with Crippen molar-refractivity contribution in [2.24, 2.45) is 5.73 Å². The summed E-state index contributed by atoms with van der Waals surface area (Å²) in [4.78, 5) is 18.0. The molecule has 1 aromatic heterocycles. The van der Waals surface area contributed by atoms with E-state index in [1.807, 2.05) is 4.90 Å². The van der Waals surface area contributed by atoms with Crippen LogP contribution in [0.5, 0.6) is 0 Å². The summed E-state index contributed by atoms with van der Waals surface area (Å²) in [6.45, 7) is 1.37. The summed E-state index contributed by atoms with van der Waals surface area (Å²) in [5.41, 5.74) is 7.92. The zero-order chi connectivity index (χ0) is 10.7. The van der Waals surface area contributed by atoms with Crippen molar-refractivity contribution >= 4 is 17.2 Å². The molecule has 82 valence electrons. The van der Waals surface area contributed by atoms with Crippen molar-refractivity contribution in [1.82, 2.24) is 9.88 Å². The van der Waals surface area contributed by atoms with Crippen LogP contribution in [0.15, 0.2) is 10.9 Å². The van der Waals surface area contributed by atoms with Crippen molar-refractivity contribution in [3.8, 4) is 0 Å². The van der Waals surface area contributed by atoms with E-state index in [1.54, 1.807) is 10.9 Å². The van der Waals surface area contributed by atoms with E-state index in [1.165, 1.54) is 17.8 Å². The molecule has 2 rings (SSSR count). The van der Waals surface area contributed by atoms with Gasteiger partial charge >= 0.3 is 0 Å². The molecule has 0 bridgehead atoms. The van der Waals surface area contributed by atoms with Crippen LogP contribution in [0.1, 0.15) is 29.8 Å². The first-order chi connectivity index (χ1) is 7.33. The zero-order valence-electron chi connectivity index (χ0n) is 8.56. The van der Waals surface area contributed by atoms with Gasteiger partial charge in [0.2, 0.25) is 0 Å². The summed E-state index contributed by atoms with van der Waals surface area (Å²) < 4.78 is 0. The highest BCUT2D eigenvalue weighted by Crippen LogP contribution is 2.18. The fourth-order valence-electron chi connectivity index (χ4n) is 1.98. The molecular formula is C10H15N3OS. The Morgan fingerprint density at radius 1 is 1.67 bits per heavy atom. The topological polar surface area (TPSA) is 59.2 Å². The molecule has 2 heterocycles. The van der Waals surface area contributed by atoms with Crippen molar-refractivity contribution < 1.29 is 4.79 Å². The molecule has 1 aromatic rings. The molecule has 0 aliphatic carbocycles. The number of nitrogens with zero attached hydrogens (tertiary/aromatic N) is 2. The lowest BCUT2D eigenvalue weighted by atomic mass is 10.0. The number of piperidine rings is 1. The first-order valence-electron chi connectivity index (χ1n) is 5.22. The lowest BCUT2D eigenvalue weighted by molar-refractivity contribution is 0.0618. The lowest BCUT2D eigenvalue weighted by Crippen LogP contribution is -2.47. The highest BCUT2D eigenvalue weighted by Gasteiger charge is 2.27. The second-order valence-electron chi connectivity index (χ2n) is 3.76. The molecule has 1 amide bonds. The highest BCUT2D eigenvalue weighted by atomic mass is 32.1. The maximum absolute atomic E-state index is 12.0. The molecule has 1 fully saturated rings. The number of carbonyl (C=O) groups excluding carboxylic acids is 1. The minimum absolute atomic E-state index is 0.0337. The van der Waals surface area contributed by atoms with E-state index in [0.717, 1.165) is 19.4 Å². The molecule has 0 saturated carbocycles. The first-order valence-corrected chi connectivity index (χ1v) is 6.16. The van der Waals surface area contributed by atoms with E-state index in [9.17, 15) is 4.79 Å². The lowest BCUT2D eigenvalue weighted by Gasteiger charge is -2.34. The van der Waals surface area contributed by atoms with Crippen LogP contribution >= 0.6 is 11.3 Å². The van der Waals surface area contributed by atoms with E-state index < -0.39 is 0 Å². The minimum atomic E-state index is 0.0337. The fourth-order valence-corrected chi connectivity index (χ4v) is 2.50. The van der Waals surface area contributed by atoms with Gasteiger partial charge in [-0.2, -0.15) is 0 Å². The van der Waals surface area contributed by atoms with Gasteiger partial charge in [0.25, 0.3) is 5.91 Å². The van der Waals surface area contributed by atoms with Crippen molar-refractivity contribution in [1.29, 1.82) is 0 Å². The van der Waals surface area contributed by atoms with E-state index in [-0.39, 0.29) is 11.9 Å². The van der Waals surface area contributed by atoms with Crippen molar-refractivity contribution in [2.75, 3.05) is 13.1 Å². The zero-order valence-corrected chi connectivity index (χ0v) is 9.37. The van der Waals surface area contributed by atoms with E-state index >= 15 is 0 Å². The Balaban J connectivity index is 2.11. The fraction of sp³-hybridized carbons (Fsp3) is 0.600. The Labute approximate surface area is 93.1 Å². The standard InChI is InChI=1S/C10H15N3OS/c11-5-8-3-1-2-4-13(8)10(14)9-6-15-7-12-9/h6-8H,1-5,11H2. The summed E-state index contributed by atoms with van der Waals surface area (Å²) >= 11 is 1.45. The summed E-state index contributed by atoms with van der Waals surface area (Å²) in [5.74, 6) is 0.0337. The minimum Gasteiger partial charge on any atom is -0.333 e. The smallest absolute Gasteiger partial charge is 0.273 e. The molecule has 1 aliphatic rings. The van der Waals surface area contributed by atoms with Crippen molar-refractivity contribution in [3.63, 3.8) is 0 Å². The van der Waals surface area contributed by atoms with E-state index in [4.69, 9.17) is 5.73 Å². The number of hydrogen-bond acceptors (Lipinski definition) is 4. The summed E-state index contributed by atoms with van der Waals surface area (Å²) in [6, 6.07) is 0.202. The highest BCUT2D eigenvalue weighted by molar-refractivity contribution is 7.07.